The van der Waals surface area contributed by atoms with E-state index < -0.39 is 5.41 Å². The molecule has 0 aromatic heterocycles. The molecule has 0 saturated carbocycles. The fourth-order valence-corrected chi connectivity index (χ4v) is 3.69. The molecule has 0 heterocycles. The summed E-state index contributed by atoms with van der Waals surface area (Å²) in [6.07, 6.45) is 5.34. The summed E-state index contributed by atoms with van der Waals surface area (Å²) in [5.41, 5.74) is 1.70. The summed E-state index contributed by atoms with van der Waals surface area (Å²) in [6.45, 7) is 8.07. The third-order valence-corrected chi connectivity index (χ3v) is 5.76. The summed E-state index contributed by atoms with van der Waals surface area (Å²) in [6, 6.07) is 14.4. The first-order chi connectivity index (χ1) is 13.9. The summed E-state index contributed by atoms with van der Waals surface area (Å²) in [7, 11) is 0. The first-order valence-electron chi connectivity index (χ1n) is 10.8. The number of aromatic hydroxyl groups is 2. The Morgan fingerprint density at radius 2 is 1.24 bits per heavy atom. The molecule has 4 heteroatoms. The van der Waals surface area contributed by atoms with Crippen LogP contribution in [0.2, 0.25) is 0 Å². The number of hydrogen-bond donors (Lipinski definition) is 2. The lowest BCUT2D eigenvalue weighted by Gasteiger charge is -2.32. The van der Waals surface area contributed by atoms with Gasteiger partial charge in [-0.25, -0.2) is 0 Å². The van der Waals surface area contributed by atoms with Gasteiger partial charge in [0.05, 0.1) is 0 Å². The van der Waals surface area contributed by atoms with Crippen LogP contribution in [0.15, 0.2) is 48.5 Å². The van der Waals surface area contributed by atoms with Crippen LogP contribution in [0.4, 0.5) is 0 Å². The van der Waals surface area contributed by atoms with E-state index in [0.717, 1.165) is 49.9 Å². The highest BCUT2D eigenvalue weighted by atomic mass is 16.3. The van der Waals surface area contributed by atoms with Crippen LogP contribution in [-0.4, -0.2) is 34.1 Å². The van der Waals surface area contributed by atoms with Gasteiger partial charge in [0.1, 0.15) is 11.5 Å². The number of amides is 1. The molecule has 0 unspecified atom stereocenters. The van der Waals surface area contributed by atoms with Crippen molar-refractivity contribution in [2.75, 3.05) is 13.1 Å². The van der Waals surface area contributed by atoms with Gasteiger partial charge in [0.2, 0.25) is 5.91 Å². The number of phenols is 2. The smallest absolute Gasteiger partial charge is 0.222 e. The number of hydrogen-bond acceptors (Lipinski definition) is 3. The van der Waals surface area contributed by atoms with Crippen LogP contribution in [-0.2, 0) is 10.2 Å². The maximum atomic E-state index is 13.0. The van der Waals surface area contributed by atoms with Gasteiger partial charge in [-0.15, -0.1) is 0 Å². The SMILES string of the molecule is CCCCN(CCCC)C(=O)CCC(C)(c1ccc(O)cc1)c1ccc(O)cc1. The molecule has 2 N–H and O–H groups in total. The van der Waals surface area contributed by atoms with E-state index in [2.05, 4.69) is 20.8 Å². The van der Waals surface area contributed by atoms with Crippen molar-refractivity contribution >= 4 is 5.91 Å². The molecule has 0 bridgehead atoms. The monoisotopic (exact) mass is 397 g/mol. The summed E-state index contributed by atoms with van der Waals surface area (Å²) >= 11 is 0. The van der Waals surface area contributed by atoms with Gasteiger partial charge in [0.25, 0.3) is 0 Å². The van der Waals surface area contributed by atoms with E-state index >= 15 is 0 Å². The number of carbonyl (C=O) groups is 1. The fourth-order valence-electron chi connectivity index (χ4n) is 3.69. The molecule has 4 nitrogen and oxygen atoms in total. The van der Waals surface area contributed by atoms with Crippen LogP contribution in [0.25, 0.3) is 0 Å². The van der Waals surface area contributed by atoms with Crippen molar-refractivity contribution in [1.82, 2.24) is 4.90 Å². The van der Waals surface area contributed by atoms with E-state index in [-0.39, 0.29) is 17.4 Å². The minimum atomic E-state index is -0.391. The van der Waals surface area contributed by atoms with Gasteiger partial charge in [-0.3, -0.25) is 4.79 Å². The molecule has 2 aromatic rings. The van der Waals surface area contributed by atoms with Gasteiger partial charge in [0.15, 0.2) is 0 Å². The van der Waals surface area contributed by atoms with Crippen LogP contribution in [0, 0.1) is 0 Å². The molecule has 2 aromatic carbocycles. The van der Waals surface area contributed by atoms with Crippen molar-refractivity contribution < 1.29 is 15.0 Å². The third kappa shape index (κ3) is 6.25. The Morgan fingerprint density at radius 1 is 0.828 bits per heavy atom. The van der Waals surface area contributed by atoms with E-state index in [9.17, 15) is 15.0 Å². The highest BCUT2D eigenvalue weighted by Gasteiger charge is 2.30. The Kier molecular flexibility index (Phi) is 8.56. The van der Waals surface area contributed by atoms with Gasteiger partial charge >= 0.3 is 0 Å². The number of benzene rings is 2. The Bertz CT molecular complexity index is 699. The number of nitrogens with zero attached hydrogens (tertiary/aromatic N) is 1. The predicted octanol–water partition coefficient (Wildman–Crippen LogP) is 5.61. The molecule has 0 spiro atoms. The van der Waals surface area contributed by atoms with Crippen molar-refractivity contribution in [2.24, 2.45) is 0 Å². The average molecular weight is 398 g/mol. The van der Waals surface area contributed by atoms with Crippen LogP contribution >= 0.6 is 0 Å². The molecule has 29 heavy (non-hydrogen) atoms. The molecule has 0 aliphatic heterocycles. The van der Waals surface area contributed by atoms with Crippen molar-refractivity contribution in [2.45, 2.75) is 64.7 Å². The zero-order chi connectivity index (χ0) is 21.3. The zero-order valence-corrected chi connectivity index (χ0v) is 18.0. The van der Waals surface area contributed by atoms with Crippen molar-refractivity contribution in [1.29, 1.82) is 0 Å². The number of unbranched alkanes of at least 4 members (excludes halogenated alkanes) is 2. The topological polar surface area (TPSA) is 60.8 Å². The molecule has 1 amide bonds. The van der Waals surface area contributed by atoms with Crippen LogP contribution in [0.5, 0.6) is 11.5 Å². The lowest BCUT2D eigenvalue weighted by atomic mass is 9.73. The third-order valence-electron chi connectivity index (χ3n) is 5.76. The van der Waals surface area contributed by atoms with Gasteiger partial charge in [-0.05, 0) is 54.7 Å². The number of carbonyl (C=O) groups excluding carboxylic acids is 1. The Morgan fingerprint density at radius 3 is 1.62 bits per heavy atom. The number of rotatable bonds is 11. The quantitative estimate of drug-likeness (QED) is 0.518. The Hall–Kier alpha value is -2.49. The molecular weight excluding hydrogens is 362 g/mol. The molecule has 2 rings (SSSR count). The predicted molar refractivity (Wildman–Crippen MR) is 118 cm³/mol. The minimum absolute atomic E-state index is 0.204. The average Bonchev–Trinajstić information content (AvgIpc) is 2.73. The Labute approximate surface area is 175 Å². The first kappa shape index (κ1) is 22.8. The van der Waals surface area contributed by atoms with Crippen LogP contribution in [0.1, 0.15) is 70.4 Å². The summed E-state index contributed by atoms with van der Waals surface area (Å²) < 4.78 is 0. The standard InChI is InChI=1S/C25H35NO3/c1-4-6-18-26(19-7-5-2)24(29)16-17-25(3,20-8-12-22(27)13-9-20)21-10-14-23(28)15-11-21/h8-15,27-28H,4-7,16-19H2,1-3H3. The summed E-state index contributed by atoms with van der Waals surface area (Å²) in [4.78, 5) is 15.0. The molecule has 0 radical (unpaired) electrons. The van der Waals surface area contributed by atoms with Crippen molar-refractivity contribution in [3.05, 3.63) is 59.7 Å². The molecule has 0 atom stereocenters. The summed E-state index contributed by atoms with van der Waals surface area (Å²) in [5.74, 6) is 0.655. The first-order valence-corrected chi connectivity index (χ1v) is 10.8. The van der Waals surface area contributed by atoms with Gasteiger partial charge < -0.3 is 15.1 Å². The molecule has 0 saturated heterocycles. The largest absolute Gasteiger partial charge is 0.508 e. The fraction of sp³-hybridized carbons (Fsp3) is 0.480. The summed E-state index contributed by atoms with van der Waals surface area (Å²) in [5, 5.41) is 19.4. The van der Waals surface area contributed by atoms with E-state index in [4.69, 9.17) is 0 Å². The molecule has 0 aliphatic carbocycles. The highest BCUT2D eigenvalue weighted by molar-refractivity contribution is 5.76. The van der Waals surface area contributed by atoms with E-state index in [1.807, 2.05) is 29.2 Å². The highest BCUT2D eigenvalue weighted by Crippen LogP contribution is 2.38. The van der Waals surface area contributed by atoms with Crippen LogP contribution < -0.4 is 0 Å². The van der Waals surface area contributed by atoms with Crippen molar-refractivity contribution in [3.63, 3.8) is 0 Å². The maximum Gasteiger partial charge on any atom is 0.222 e. The van der Waals surface area contributed by atoms with E-state index in [1.165, 1.54) is 0 Å². The van der Waals surface area contributed by atoms with Gasteiger partial charge in [-0.1, -0.05) is 57.9 Å². The second-order valence-electron chi connectivity index (χ2n) is 8.01. The molecule has 158 valence electrons. The second kappa shape index (κ2) is 10.9. The molecule has 0 aliphatic rings. The normalized spacial score (nSPS) is 11.4. The van der Waals surface area contributed by atoms with Crippen LogP contribution in [0.3, 0.4) is 0 Å². The number of phenolic OH excluding ortho intramolecular Hbond substituents is 2. The maximum absolute atomic E-state index is 13.0. The van der Waals surface area contributed by atoms with Crippen molar-refractivity contribution in [3.8, 4) is 11.5 Å². The second-order valence-corrected chi connectivity index (χ2v) is 8.01. The Balaban J connectivity index is 2.24. The zero-order valence-electron chi connectivity index (χ0n) is 18.0. The lowest BCUT2D eigenvalue weighted by Crippen LogP contribution is -2.34. The minimum Gasteiger partial charge on any atom is -0.508 e. The van der Waals surface area contributed by atoms with E-state index in [0.29, 0.717) is 12.8 Å². The lowest BCUT2D eigenvalue weighted by molar-refractivity contribution is -0.131. The molecule has 0 fully saturated rings. The van der Waals surface area contributed by atoms with Gasteiger partial charge in [0, 0.05) is 24.9 Å². The molecular formula is C25H35NO3. The van der Waals surface area contributed by atoms with Gasteiger partial charge in [-0.2, -0.15) is 0 Å². The van der Waals surface area contributed by atoms with E-state index in [1.54, 1.807) is 24.3 Å².